The average molecular weight is 198 g/mol. The van der Waals surface area contributed by atoms with E-state index in [-0.39, 0.29) is 12.1 Å². The Bertz CT molecular complexity index is 247. The summed E-state index contributed by atoms with van der Waals surface area (Å²) in [7, 11) is 0. The molecule has 0 radical (unpaired) electrons. The van der Waals surface area contributed by atoms with E-state index in [0.29, 0.717) is 24.6 Å². The van der Waals surface area contributed by atoms with Crippen molar-refractivity contribution >= 4 is 11.8 Å². The van der Waals surface area contributed by atoms with Crippen molar-refractivity contribution in [3.05, 3.63) is 12.2 Å². The van der Waals surface area contributed by atoms with Gasteiger partial charge in [-0.15, -0.1) is 0 Å². The molecule has 1 aliphatic carbocycles. The molecule has 2 aliphatic rings. The molecule has 2 fully saturated rings. The van der Waals surface area contributed by atoms with Gasteiger partial charge in [0.25, 0.3) is 0 Å². The number of carbonyl (C=O) groups is 2. The Balaban J connectivity index is 0.000000203. The van der Waals surface area contributed by atoms with E-state index >= 15 is 0 Å². The Morgan fingerprint density at radius 3 is 2.43 bits per heavy atom. The van der Waals surface area contributed by atoms with Gasteiger partial charge in [-0.25, -0.2) is 4.79 Å². The third-order valence-corrected chi connectivity index (χ3v) is 1.61. The minimum atomic E-state index is -0.337. The molecule has 0 amide bonds. The lowest BCUT2D eigenvalue weighted by Crippen LogP contribution is -2.09. The van der Waals surface area contributed by atoms with Crippen molar-refractivity contribution in [3.8, 4) is 0 Å². The van der Waals surface area contributed by atoms with Gasteiger partial charge in [0.15, 0.2) is 0 Å². The number of epoxide rings is 1. The molecule has 1 saturated heterocycles. The summed E-state index contributed by atoms with van der Waals surface area (Å²) in [6.45, 7) is 6.14. The van der Waals surface area contributed by atoms with Crippen LogP contribution in [0.1, 0.15) is 19.8 Å². The van der Waals surface area contributed by atoms with Gasteiger partial charge in [0.1, 0.15) is 18.5 Å². The Labute approximate surface area is 82.9 Å². The van der Waals surface area contributed by atoms with Crippen molar-refractivity contribution in [2.45, 2.75) is 25.9 Å². The normalized spacial score (nSPS) is 21.8. The fraction of sp³-hybridized carbons (Fsp3) is 0.600. The molecule has 0 aromatic carbocycles. The third kappa shape index (κ3) is 5.48. The van der Waals surface area contributed by atoms with Crippen molar-refractivity contribution in [1.29, 1.82) is 0 Å². The molecule has 14 heavy (non-hydrogen) atoms. The quantitative estimate of drug-likeness (QED) is 0.383. The predicted molar refractivity (Wildman–Crippen MR) is 49.8 cm³/mol. The molecule has 1 saturated carbocycles. The minimum absolute atomic E-state index is 0.142. The van der Waals surface area contributed by atoms with Crippen molar-refractivity contribution in [2.24, 2.45) is 0 Å². The smallest absolute Gasteiger partial charge is 0.333 e. The van der Waals surface area contributed by atoms with Crippen molar-refractivity contribution in [1.82, 2.24) is 0 Å². The molecular weight excluding hydrogens is 184 g/mol. The van der Waals surface area contributed by atoms with Crippen molar-refractivity contribution in [2.75, 3.05) is 13.2 Å². The molecule has 0 aromatic heterocycles. The van der Waals surface area contributed by atoms with Crippen LogP contribution in [0.15, 0.2) is 12.2 Å². The first kappa shape index (κ1) is 10.9. The zero-order valence-corrected chi connectivity index (χ0v) is 8.25. The molecule has 4 heteroatoms. The molecule has 1 aliphatic heterocycles. The molecule has 2 rings (SSSR count). The van der Waals surface area contributed by atoms with Gasteiger partial charge < -0.3 is 9.47 Å². The van der Waals surface area contributed by atoms with Crippen LogP contribution in [0.3, 0.4) is 0 Å². The number of hydrogen-bond donors (Lipinski definition) is 0. The second kappa shape index (κ2) is 4.91. The van der Waals surface area contributed by atoms with E-state index in [9.17, 15) is 9.59 Å². The Morgan fingerprint density at radius 2 is 2.14 bits per heavy atom. The highest BCUT2D eigenvalue weighted by atomic mass is 16.6. The topological polar surface area (TPSA) is 55.9 Å². The summed E-state index contributed by atoms with van der Waals surface area (Å²) in [5, 5.41) is 0. The predicted octanol–water partition coefficient (Wildman–Crippen LogP) is 0.854. The first-order valence-corrected chi connectivity index (χ1v) is 4.55. The van der Waals surface area contributed by atoms with Crippen LogP contribution < -0.4 is 0 Å². The maximum absolute atomic E-state index is 10.7. The van der Waals surface area contributed by atoms with Gasteiger partial charge in [0.05, 0.1) is 6.61 Å². The van der Waals surface area contributed by atoms with Gasteiger partial charge in [0, 0.05) is 18.4 Å². The van der Waals surface area contributed by atoms with Gasteiger partial charge in [-0.3, -0.25) is 4.79 Å². The maximum Gasteiger partial charge on any atom is 0.333 e. The van der Waals surface area contributed by atoms with E-state index in [0.717, 1.165) is 12.8 Å². The minimum Gasteiger partial charge on any atom is -0.459 e. The van der Waals surface area contributed by atoms with Gasteiger partial charge >= 0.3 is 5.97 Å². The number of carbonyl (C=O) groups excluding carboxylic acids is 2. The van der Waals surface area contributed by atoms with Crippen LogP contribution in [-0.2, 0) is 19.1 Å². The molecule has 1 heterocycles. The number of ketones is 1. The first-order valence-electron chi connectivity index (χ1n) is 4.55. The first-order chi connectivity index (χ1) is 6.59. The summed E-state index contributed by atoms with van der Waals surface area (Å²) in [5.41, 5.74) is 0.431. The van der Waals surface area contributed by atoms with E-state index in [1.165, 1.54) is 0 Å². The molecule has 1 atom stereocenters. The van der Waals surface area contributed by atoms with Crippen LogP contribution in [-0.4, -0.2) is 31.1 Å². The Kier molecular flexibility index (Phi) is 3.83. The number of hydrogen-bond acceptors (Lipinski definition) is 4. The average Bonchev–Trinajstić information content (AvgIpc) is 2.97. The van der Waals surface area contributed by atoms with Crippen LogP contribution >= 0.6 is 0 Å². The Hall–Kier alpha value is -1.16. The van der Waals surface area contributed by atoms with Crippen molar-refractivity contribution in [3.63, 3.8) is 0 Å². The SMILES string of the molecule is C=C(C)C(=O)OCC1CO1.O=C1CC1. The van der Waals surface area contributed by atoms with E-state index in [1.54, 1.807) is 6.92 Å². The van der Waals surface area contributed by atoms with E-state index < -0.39 is 0 Å². The van der Waals surface area contributed by atoms with Crippen LogP contribution in [0, 0.1) is 0 Å². The number of Topliss-reactive ketones (excluding diaryl/α,β-unsaturated/α-hetero) is 1. The van der Waals surface area contributed by atoms with Crippen LogP contribution in [0.4, 0.5) is 0 Å². The summed E-state index contributed by atoms with van der Waals surface area (Å²) >= 11 is 0. The van der Waals surface area contributed by atoms with Crippen LogP contribution in [0.5, 0.6) is 0 Å². The van der Waals surface area contributed by atoms with Crippen molar-refractivity contribution < 1.29 is 19.1 Å². The summed E-state index contributed by atoms with van der Waals surface area (Å²) in [6.07, 6.45) is 1.84. The summed E-state index contributed by atoms with van der Waals surface area (Å²) < 4.78 is 9.60. The largest absolute Gasteiger partial charge is 0.459 e. The van der Waals surface area contributed by atoms with Gasteiger partial charge in [-0.1, -0.05) is 6.58 Å². The zero-order chi connectivity index (χ0) is 10.6. The van der Waals surface area contributed by atoms with E-state index in [2.05, 4.69) is 6.58 Å². The molecule has 0 aromatic rings. The number of esters is 1. The second-order valence-corrected chi connectivity index (χ2v) is 3.37. The van der Waals surface area contributed by atoms with E-state index in [1.807, 2.05) is 0 Å². The lowest BCUT2D eigenvalue weighted by molar-refractivity contribution is -0.139. The third-order valence-electron chi connectivity index (χ3n) is 1.61. The van der Waals surface area contributed by atoms with E-state index in [4.69, 9.17) is 9.47 Å². The Morgan fingerprint density at radius 1 is 1.64 bits per heavy atom. The molecule has 0 spiro atoms. The molecule has 0 bridgehead atoms. The number of rotatable bonds is 3. The monoisotopic (exact) mass is 198 g/mol. The second-order valence-electron chi connectivity index (χ2n) is 3.37. The molecule has 0 N–H and O–H groups in total. The maximum atomic E-state index is 10.7. The highest BCUT2D eigenvalue weighted by molar-refractivity contribution is 5.92. The lowest BCUT2D eigenvalue weighted by atomic mass is 10.4. The standard InChI is InChI=1S/C7H10O3.C3H4O/c1-5(2)7(8)10-4-6-3-9-6;4-3-1-2-3/h6H,1,3-4H2,2H3;1-2H2. The highest BCUT2D eigenvalue weighted by Crippen LogP contribution is 2.09. The van der Waals surface area contributed by atoms with Gasteiger partial charge in [-0.05, 0) is 6.92 Å². The van der Waals surface area contributed by atoms with Gasteiger partial charge in [-0.2, -0.15) is 0 Å². The van der Waals surface area contributed by atoms with Crippen LogP contribution in [0.2, 0.25) is 0 Å². The number of ether oxygens (including phenoxy) is 2. The summed E-state index contributed by atoms with van der Waals surface area (Å²) in [4.78, 5) is 20.3. The summed E-state index contributed by atoms with van der Waals surface area (Å²) in [5.74, 6) is 0.0792. The highest BCUT2D eigenvalue weighted by Gasteiger charge is 2.24. The fourth-order valence-electron chi connectivity index (χ4n) is 0.507. The van der Waals surface area contributed by atoms with Crippen LogP contribution in [0.25, 0.3) is 0 Å². The molecule has 1 unspecified atom stereocenters. The lowest BCUT2D eigenvalue weighted by Gasteiger charge is -1.99. The molecular formula is C10H14O4. The van der Waals surface area contributed by atoms with Gasteiger partial charge in [0.2, 0.25) is 0 Å². The molecule has 4 nitrogen and oxygen atoms in total. The molecule has 78 valence electrons. The fourth-order valence-corrected chi connectivity index (χ4v) is 0.507. The zero-order valence-electron chi connectivity index (χ0n) is 8.25. The summed E-state index contributed by atoms with van der Waals surface area (Å²) in [6, 6.07) is 0.